The van der Waals surface area contributed by atoms with E-state index in [1.165, 1.54) is 44.4 Å². The SMILES string of the molecule is C1=CC(C[Te][Te]Cc2ccccc2)=CCC1.C1=CC(SSc2ccccc2)=CCC1. The topological polar surface area (TPSA) is 0 Å². The zero-order valence-corrected chi connectivity index (χ0v) is 23.4. The van der Waals surface area contributed by atoms with Gasteiger partial charge in [0.15, 0.2) is 0 Å². The molecule has 0 nitrogen and oxygen atoms in total. The molecule has 0 heterocycles. The third-order valence-electron chi connectivity index (χ3n) is 4.39. The Labute approximate surface area is 206 Å². The molecule has 0 N–H and O–H groups in total. The minimum absolute atomic E-state index is 0.301. The first kappa shape index (κ1) is 24.3. The van der Waals surface area contributed by atoms with Crippen molar-refractivity contribution >= 4 is 55.7 Å². The van der Waals surface area contributed by atoms with E-state index in [0.29, 0.717) is 34.1 Å². The Morgan fingerprint density at radius 3 is 1.97 bits per heavy atom. The van der Waals surface area contributed by atoms with Gasteiger partial charge < -0.3 is 0 Å². The van der Waals surface area contributed by atoms with Gasteiger partial charge in [0, 0.05) is 9.80 Å². The molecule has 0 saturated heterocycles. The Morgan fingerprint density at radius 2 is 1.30 bits per heavy atom. The molecule has 0 aliphatic heterocycles. The van der Waals surface area contributed by atoms with E-state index < -0.39 is 0 Å². The van der Waals surface area contributed by atoms with Crippen molar-refractivity contribution < 1.29 is 0 Å². The molecule has 2 aliphatic rings. The summed E-state index contributed by atoms with van der Waals surface area (Å²) < 4.78 is 2.85. The third-order valence-corrected chi connectivity index (χ3v) is 17.6. The van der Waals surface area contributed by atoms with Crippen LogP contribution in [0.2, 0.25) is 4.47 Å². The van der Waals surface area contributed by atoms with Gasteiger partial charge in [0.05, 0.1) is 0 Å². The van der Waals surface area contributed by atoms with Crippen LogP contribution in [0.5, 0.6) is 0 Å². The van der Waals surface area contributed by atoms with Crippen molar-refractivity contribution in [3.8, 4) is 0 Å². The van der Waals surface area contributed by atoms with Crippen LogP contribution in [0.4, 0.5) is 0 Å². The maximum atomic E-state index is 2.44. The number of benzene rings is 2. The minimum Gasteiger partial charge on any atom is -0.0831 e. The van der Waals surface area contributed by atoms with Crippen molar-refractivity contribution in [1.82, 2.24) is 0 Å². The van der Waals surface area contributed by atoms with Gasteiger partial charge in [0.2, 0.25) is 0 Å². The summed E-state index contributed by atoms with van der Waals surface area (Å²) in [6, 6.07) is 21.5. The van der Waals surface area contributed by atoms with Crippen LogP contribution in [-0.4, -0.2) is 34.1 Å². The maximum Gasteiger partial charge on any atom is 0.0186 e. The first-order chi connectivity index (χ1) is 14.9. The molecule has 0 radical (unpaired) electrons. The molecule has 30 heavy (non-hydrogen) atoms. The normalized spacial score (nSPS) is 15.1. The van der Waals surface area contributed by atoms with Crippen molar-refractivity contribution in [1.29, 1.82) is 0 Å². The molecule has 0 aromatic heterocycles. The second-order valence-corrected chi connectivity index (χ2v) is 21.1. The van der Waals surface area contributed by atoms with Crippen molar-refractivity contribution in [2.75, 3.05) is 0 Å². The molecule has 0 saturated carbocycles. The first-order valence-electron chi connectivity index (χ1n) is 10.3. The van der Waals surface area contributed by atoms with Gasteiger partial charge in [-0.2, -0.15) is 0 Å². The van der Waals surface area contributed by atoms with E-state index in [-0.39, 0.29) is 0 Å². The Balaban J connectivity index is 0.000000172. The predicted octanol–water partition coefficient (Wildman–Crippen LogP) is 7.87. The summed E-state index contributed by atoms with van der Waals surface area (Å²) in [5.74, 6) is 0. The van der Waals surface area contributed by atoms with Crippen molar-refractivity contribution in [3.63, 3.8) is 0 Å². The van der Waals surface area contributed by atoms with Gasteiger partial charge in [-0.05, 0) is 25.0 Å². The Bertz CT molecular complexity index is 855. The summed E-state index contributed by atoms with van der Waals surface area (Å²) in [5, 5.41) is 0. The second-order valence-electron chi connectivity index (χ2n) is 6.83. The molecule has 4 heteroatoms. The van der Waals surface area contributed by atoms with E-state index in [1.54, 1.807) is 11.1 Å². The number of rotatable bonds is 8. The van der Waals surface area contributed by atoms with E-state index in [4.69, 9.17) is 0 Å². The third kappa shape index (κ3) is 10.3. The number of hydrogen-bond donors (Lipinski definition) is 0. The molecule has 0 spiro atoms. The summed E-state index contributed by atoms with van der Waals surface area (Å²) in [6.45, 7) is 0. The summed E-state index contributed by atoms with van der Waals surface area (Å²) in [4.78, 5) is 2.70. The molecule has 2 aromatic carbocycles. The minimum atomic E-state index is 0.301. The predicted molar refractivity (Wildman–Crippen MR) is 139 cm³/mol. The summed E-state index contributed by atoms with van der Waals surface area (Å²) >= 11 is 0.611. The molecular formula is C26H28S2Te2. The van der Waals surface area contributed by atoms with Crippen molar-refractivity contribution in [2.24, 2.45) is 0 Å². The molecule has 4 rings (SSSR count). The van der Waals surface area contributed by atoms with Gasteiger partial charge in [-0.15, -0.1) is 0 Å². The van der Waals surface area contributed by atoms with Crippen LogP contribution in [0, 0.1) is 0 Å². The van der Waals surface area contributed by atoms with Gasteiger partial charge in [-0.3, -0.25) is 0 Å². The van der Waals surface area contributed by atoms with Crippen LogP contribution < -0.4 is 0 Å². The van der Waals surface area contributed by atoms with Crippen LogP contribution in [-0.2, 0) is 4.47 Å². The van der Waals surface area contributed by atoms with Crippen LogP contribution >= 0.6 is 21.6 Å². The summed E-state index contributed by atoms with van der Waals surface area (Å²) in [7, 11) is 3.67. The van der Waals surface area contributed by atoms with Gasteiger partial charge in [-0.1, -0.05) is 58.0 Å². The van der Waals surface area contributed by atoms with Crippen LogP contribution in [0.3, 0.4) is 0 Å². The average Bonchev–Trinajstić information content (AvgIpc) is 2.84. The smallest absolute Gasteiger partial charge is 0.0186 e. The van der Waals surface area contributed by atoms with Crippen LogP contribution in [0.15, 0.2) is 112 Å². The Hall–Kier alpha value is -0.321. The average molecular weight is 660 g/mol. The molecule has 0 unspecified atom stereocenters. The quantitative estimate of drug-likeness (QED) is 0.161. The van der Waals surface area contributed by atoms with Gasteiger partial charge in [0.25, 0.3) is 0 Å². The monoisotopic (exact) mass is 664 g/mol. The molecule has 2 aromatic rings. The van der Waals surface area contributed by atoms with E-state index >= 15 is 0 Å². The number of allylic oxidation sites excluding steroid dienone is 7. The first-order valence-corrected chi connectivity index (χ1v) is 23.1. The molecule has 0 bridgehead atoms. The van der Waals surface area contributed by atoms with Gasteiger partial charge in [0.1, 0.15) is 0 Å². The molecule has 0 amide bonds. The second kappa shape index (κ2) is 15.5. The van der Waals surface area contributed by atoms with Crippen molar-refractivity contribution in [2.45, 2.75) is 39.5 Å². The standard InChI is InChI=1S/C14H16Te2.C12H12S2/c1-3-7-13(8-4-1)11-15-16-12-14-9-5-2-6-10-14;1-3-7-11(8-4-1)13-14-12-9-5-2-6-10-12/h1,3-5,7-10H,2,6,11-12H2;1,3-5,7-10H,2,6H2. The van der Waals surface area contributed by atoms with E-state index in [2.05, 4.69) is 97.1 Å². The zero-order valence-electron chi connectivity index (χ0n) is 17.1. The van der Waals surface area contributed by atoms with Gasteiger partial charge >= 0.3 is 116 Å². The maximum absolute atomic E-state index is 2.44. The molecular weight excluding hydrogens is 632 g/mol. The molecule has 0 atom stereocenters. The van der Waals surface area contributed by atoms with Gasteiger partial charge in [-0.25, -0.2) is 0 Å². The summed E-state index contributed by atoms with van der Waals surface area (Å²) in [6.07, 6.45) is 18.8. The Morgan fingerprint density at radius 1 is 0.633 bits per heavy atom. The van der Waals surface area contributed by atoms with Crippen LogP contribution in [0.25, 0.3) is 0 Å². The molecule has 0 fully saturated rings. The van der Waals surface area contributed by atoms with E-state index in [9.17, 15) is 0 Å². The fourth-order valence-electron chi connectivity index (χ4n) is 2.79. The molecule has 156 valence electrons. The fraction of sp³-hybridized carbons (Fsp3) is 0.231. The van der Waals surface area contributed by atoms with Crippen molar-refractivity contribution in [3.05, 3.63) is 113 Å². The fourth-order valence-corrected chi connectivity index (χ4v) is 15.7. The number of hydrogen-bond acceptors (Lipinski definition) is 2. The largest absolute Gasteiger partial charge is 0.0831 e. The van der Waals surface area contributed by atoms with E-state index in [0.717, 1.165) is 0 Å². The molecule has 2 aliphatic carbocycles. The van der Waals surface area contributed by atoms with E-state index in [1.807, 2.05) is 21.6 Å². The Kier molecular flexibility index (Phi) is 12.5. The van der Waals surface area contributed by atoms with Crippen LogP contribution in [0.1, 0.15) is 31.2 Å². The zero-order chi connectivity index (χ0) is 20.7. The summed E-state index contributed by atoms with van der Waals surface area (Å²) in [5.41, 5.74) is 3.19.